The van der Waals surface area contributed by atoms with E-state index in [0.29, 0.717) is 11.4 Å². The number of sulfonamides is 1. The minimum atomic E-state index is -3.29. The Morgan fingerprint density at radius 3 is 2.32 bits per heavy atom. The van der Waals surface area contributed by atoms with Crippen molar-refractivity contribution in [1.82, 2.24) is 5.32 Å². The zero-order chi connectivity index (χ0) is 15.5. The summed E-state index contributed by atoms with van der Waals surface area (Å²) in [5.74, 6) is -0.0358. The molecule has 124 valence electrons. The molecule has 6 nitrogen and oxygen atoms in total. The van der Waals surface area contributed by atoms with Crippen LogP contribution in [0.4, 0.5) is 11.4 Å². The molecule has 1 atom stereocenters. The van der Waals surface area contributed by atoms with Crippen LogP contribution in [-0.4, -0.2) is 32.7 Å². The Hall–Kier alpha value is -1.31. The molecule has 0 saturated carbocycles. The molecule has 0 aromatic heterocycles. The van der Waals surface area contributed by atoms with E-state index in [9.17, 15) is 13.2 Å². The zero-order valence-electron chi connectivity index (χ0n) is 12.7. The van der Waals surface area contributed by atoms with E-state index in [4.69, 9.17) is 0 Å². The van der Waals surface area contributed by atoms with Crippen molar-refractivity contribution in [2.75, 3.05) is 22.8 Å². The van der Waals surface area contributed by atoms with Crippen LogP contribution in [0.2, 0.25) is 0 Å². The second-order valence-corrected chi connectivity index (χ2v) is 7.12. The third-order valence-electron chi connectivity index (χ3n) is 3.73. The molecule has 1 fully saturated rings. The molecule has 0 aliphatic carbocycles. The van der Waals surface area contributed by atoms with E-state index in [0.717, 1.165) is 32.1 Å². The van der Waals surface area contributed by atoms with Gasteiger partial charge in [-0.2, -0.15) is 0 Å². The lowest BCUT2D eigenvalue weighted by molar-refractivity contribution is -0.122. The maximum atomic E-state index is 12.4. The number of nitrogens with one attached hydrogen (secondary N) is 3. The molecular weight excluding hydrogens is 326 g/mol. The first-order valence-electron chi connectivity index (χ1n) is 6.99. The van der Waals surface area contributed by atoms with Gasteiger partial charge < -0.3 is 10.6 Å². The van der Waals surface area contributed by atoms with Crippen molar-refractivity contribution >= 4 is 39.7 Å². The molecule has 1 unspecified atom stereocenters. The van der Waals surface area contributed by atoms with Crippen molar-refractivity contribution in [3.05, 3.63) is 24.3 Å². The van der Waals surface area contributed by atoms with E-state index < -0.39 is 15.6 Å². The maximum Gasteiger partial charge on any atom is 0.244 e. The van der Waals surface area contributed by atoms with Crippen molar-refractivity contribution in [3.63, 3.8) is 0 Å². The summed E-state index contributed by atoms with van der Waals surface area (Å²) < 4.78 is 24.6. The lowest BCUT2D eigenvalue weighted by Gasteiger charge is -2.26. The summed E-state index contributed by atoms with van der Waals surface area (Å²) in [5, 5.41) is 6.17. The van der Waals surface area contributed by atoms with Crippen LogP contribution < -0.4 is 15.4 Å². The first kappa shape index (κ1) is 18.7. The molecule has 2 rings (SSSR count). The minimum Gasteiger partial charge on any atom is -0.324 e. The molecular formula is C14H22ClN3O3S. The number of halogens is 1. The largest absolute Gasteiger partial charge is 0.324 e. The second kappa shape index (κ2) is 7.30. The quantitative estimate of drug-likeness (QED) is 0.759. The molecule has 1 amide bonds. The van der Waals surface area contributed by atoms with Crippen LogP contribution >= 0.6 is 12.4 Å². The summed E-state index contributed by atoms with van der Waals surface area (Å²) in [6.45, 7) is 2.86. The highest BCUT2D eigenvalue weighted by Gasteiger charge is 2.38. The van der Waals surface area contributed by atoms with E-state index >= 15 is 0 Å². The van der Waals surface area contributed by atoms with E-state index in [1.807, 2.05) is 6.92 Å². The standard InChI is InChI=1S/C14H21N3O3S.ClH/c1-3-14(9-4-10-15-14)13(18)16-11-5-7-12(8-6-11)17-21(2,19)20;/h5-8,15,17H,3-4,9-10H2,1-2H3,(H,16,18);1H. The molecule has 3 N–H and O–H groups in total. The van der Waals surface area contributed by atoms with Crippen molar-refractivity contribution in [2.45, 2.75) is 31.7 Å². The Balaban J connectivity index is 0.00000242. The van der Waals surface area contributed by atoms with E-state index in [1.165, 1.54) is 0 Å². The fourth-order valence-corrected chi connectivity index (χ4v) is 3.11. The van der Waals surface area contributed by atoms with Gasteiger partial charge in [0, 0.05) is 11.4 Å². The zero-order valence-corrected chi connectivity index (χ0v) is 14.3. The van der Waals surface area contributed by atoms with Crippen molar-refractivity contribution in [1.29, 1.82) is 0 Å². The van der Waals surface area contributed by atoms with Crippen molar-refractivity contribution in [2.24, 2.45) is 0 Å². The predicted octanol–water partition coefficient (Wildman–Crippen LogP) is 1.95. The average molecular weight is 348 g/mol. The number of carbonyl (C=O) groups is 1. The summed E-state index contributed by atoms with van der Waals surface area (Å²) in [4.78, 5) is 12.4. The molecule has 0 bridgehead atoms. The maximum absolute atomic E-state index is 12.4. The lowest BCUT2D eigenvalue weighted by Crippen LogP contribution is -2.50. The molecule has 1 aliphatic rings. The number of hydrogen-bond acceptors (Lipinski definition) is 4. The highest BCUT2D eigenvalue weighted by molar-refractivity contribution is 7.92. The minimum absolute atomic E-state index is 0. The third kappa shape index (κ3) is 4.59. The normalized spacial score (nSPS) is 21.0. The van der Waals surface area contributed by atoms with Crippen molar-refractivity contribution in [3.8, 4) is 0 Å². The topological polar surface area (TPSA) is 87.3 Å². The summed E-state index contributed by atoms with van der Waals surface area (Å²) >= 11 is 0. The summed E-state index contributed by atoms with van der Waals surface area (Å²) in [7, 11) is -3.29. The van der Waals surface area contributed by atoms with Crippen LogP contribution in [0.15, 0.2) is 24.3 Å². The van der Waals surface area contributed by atoms with Gasteiger partial charge >= 0.3 is 0 Å². The van der Waals surface area contributed by atoms with Crippen LogP contribution in [0, 0.1) is 0 Å². The molecule has 22 heavy (non-hydrogen) atoms. The Morgan fingerprint density at radius 1 is 1.27 bits per heavy atom. The van der Waals surface area contributed by atoms with Gasteiger partial charge in [0.15, 0.2) is 0 Å². The van der Waals surface area contributed by atoms with Gasteiger partial charge in [-0.05, 0) is 50.1 Å². The SMILES string of the molecule is CCC1(C(=O)Nc2ccc(NS(C)(=O)=O)cc2)CCCN1.Cl. The fraction of sp³-hybridized carbons (Fsp3) is 0.500. The van der Waals surface area contributed by atoms with Crippen LogP contribution in [0.3, 0.4) is 0 Å². The monoisotopic (exact) mass is 347 g/mol. The second-order valence-electron chi connectivity index (χ2n) is 5.37. The average Bonchev–Trinajstić information content (AvgIpc) is 2.89. The Morgan fingerprint density at radius 2 is 1.86 bits per heavy atom. The molecule has 1 aromatic rings. The fourth-order valence-electron chi connectivity index (χ4n) is 2.55. The van der Waals surface area contributed by atoms with Gasteiger partial charge in [0.1, 0.15) is 0 Å². The number of hydrogen-bond donors (Lipinski definition) is 3. The molecule has 8 heteroatoms. The Labute approximate surface area is 137 Å². The molecule has 0 radical (unpaired) electrons. The van der Waals surface area contributed by atoms with Gasteiger partial charge in [0.2, 0.25) is 15.9 Å². The molecule has 0 spiro atoms. The van der Waals surface area contributed by atoms with Gasteiger partial charge in [-0.3, -0.25) is 9.52 Å². The highest BCUT2D eigenvalue weighted by atomic mass is 35.5. The van der Waals surface area contributed by atoms with Gasteiger partial charge in [-0.15, -0.1) is 12.4 Å². The van der Waals surface area contributed by atoms with Gasteiger partial charge in [0.25, 0.3) is 0 Å². The summed E-state index contributed by atoms with van der Waals surface area (Å²) in [6.07, 6.45) is 3.67. The molecule has 1 aliphatic heterocycles. The van der Waals surface area contributed by atoms with Gasteiger partial charge in [-0.1, -0.05) is 6.92 Å². The highest BCUT2D eigenvalue weighted by Crippen LogP contribution is 2.25. The first-order valence-corrected chi connectivity index (χ1v) is 8.88. The van der Waals surface area contributed by atoms with Crippen LogP contribution in [0.25, 0.3) is 0 Å². The Kier molecular flexibility index (Phi) is 6.22. The number of benzene rings is 1. The van der Waals surface area contributed by atoms with Crippen molar-refractivity contribution < 1.29 is 13.2 Å². The number of amides is 1. The van der Waals surface area contributed by atoms with Gasteiger partial charge in [-0.25, -0.2) is 8.42 Å². The first-order chi connectivity index (χ1) is 9.85. The number of anilines is 2. The Bertz CT molecular complexity index is 611. The molecule has 1 saturated heterocycles. The smallest absolute Gasteiger partial charge is 0.244 e. The van der Waals surface area contributed by atoms with Gasteiger partial charge in [0.05, 0.1) is 11.8 Å². The predicted molar refractivity (Wildman–Crippen MR) is 91.0 cm³/mol. The van der Waals surface area contributed by atoms with Crippen LogP contribution in [0.1, 0.15) is 26.2 Å². The molecule has 1 heterocycles. The summed E-state index contributed by atoms with van der Waals surface area (Å²) in [5.41, 5.74) is 0.643. The van der Waals surface area contributed by atoms with E-state index in [-0.39, 0.29) is 18.3 Å². The van der Waals surface area contributed by atoms with Crippen LogP contribution in [-0.2, 0) is 14.8 Å². The molecule has 1 aromatic carbocycles. The van der Waals surface area contributed by atoms with Crippen LogP contribution in [0.5, 0.6) is 0 Å². The third-order valence-corrected chi connectivity index (χ3v) is 4.33. The number of rotatable bonds is 5. The van der Waals surface area contributed by atoms with E-state index in [1.54, 1.807) is 24.3 Å². The van der Waals surface area contributed by atoms with E-state index in [2.05, 4.69) is 15.4 Å². The summed E-state index contributed by atoms with van der Waals surface area (Å²) in [6, 6.07) is 6.61. The lowest BCUT2D eigenvalue weighted by atomic mass is 9.93. The number of carbonyl (C=O) groups excluding carboxylic acids is 1.